The van der Waals surface area contributed by atoms with Crippen LogP contribution in [-0.4, -0.2) is 34.5 Å². The van der Waals surface area contributed by atoms with Crippen molar-refractivity contribution in [3.05, 3.63) is 54.0 Å². The summed E-state index contributed by atoms with van der Waals surface area (Å²) in [6, 6.07) is 8.77. The first-order chi connectivity index (χ1) is 12.2. The summed E-state index contributed by atoms with van der Waals surface area (Å²) in [7, 11) is 1.94. The van der Waals surface area contributed by atoms with Crippen LogP contribution in [0.15, 0.2) is 42.9 Å². The van der Waals surface area contributed by atoms with Crippen LogP contribution in [0.2, 0.25) is 0 Å². The number of nitrogens with zero attached hydrogens (tertiary/aromatic N) is 4. The maximum atomic E-state index is 5.99. The largest absolute Gasteiger partial charge is 0.370 e. The number of aryl methyl sites for hydroxylation is 2. The van der Waals surface area contributed by atoms with Crippen LogP contribution in [-0.2, 0) is 18.2 Å². The highest BCUT2D eigenvalue weighted by Crippen LogP contribution is 2.31. The zero-order valence-corrected chi connectivity index (χ0v) is 14.9. The molecule has 5 heteroatoms. The van der Waals surface area contributed by atoms with Crippen LogP contribution >= 0.6 is 0 Å². The number of aromatic nitrogens is 3. The lowest BCUT2D eigenvalue weighted by Gasteiger charge is -2.34. The Morgan fingerprint density at radius 3 is 3.00 bits per heavy atom. The first-order valence-corrected chi connectivity index (χ1v) is 8.97. The van der Waals surface area contributed by atoms with Crippen molar-refractivity contribution in [2.24, 2.45) is 7.05 Å². The molecule has 130 valence electrons. The van der Waals surface area contributed by atoms with E-state index in [0.717, 1.165) is 43.6 Å². The van der Waals surface area contributed by atoms with Gasteiger partial charge in [-0.3, -0.25) is 9.67 Å². The molecule has 1 fully saturated rings. The first-order valence-electron chi connectivity index (χ1n) is 8.97. The topological polar surface area (TPSA) is 43.2 Å². The molecule has 0 spiro atoms. The molecule has 1 atom stereocenters. The van der Waals surface area contributed by atoms with E-state index in [-0.39, 0.29) is 6.10 Å². The lowest BCUT2D eigenvalue weighted by molar-refractivity contribution is 0.0398. The number of fused-ring (bicyclic) bond motifs is 1. The van der Waals surface area contributed by atoms with Gasteiger partial charge in [0.1, 0.15) is 6.10 Å². The van der Waals surface area contributed by atoms with Crippen molar-refractivity contribution >= 4 is 16.6 Å². The molecule has 0 radical (unpaired) electrons. The van der Waals surface area contributed by atoms with E-state index in [9.17, 15) is 0 Å². The van der Waals surface area contributed by atoms with Gasteiger partial charge in [-0.1, -0.05) is 19.4 Å². The monoisotopic (exact) mass is 336 g/mol. The summed E-state index contributed by atoms with van der Waals surface area (Å²) in [5.41, 5.74) is 4.82. The van der Waals surface area contributed by atoms with E-state index in [2.05, 4.69) is 46.2 Å². The molecular weight excluding hydrogens is 312 g/mol. The maximum Gasteiger partial charge on any atom is 0.103 e. The third-order valence-electron chi connectivity index (χ3n) is 4.83. The van der Waals surface area contributed by atoms with Crippen molar-refractivity contribution in [2.45, 2.75) is 25.9 Å². The Bertz CT molecular complexity index is 873. The predicted molar refractivity (Wildman–Crippen MR) is 99.9 cm³/mol. The van der Waals surface area contributed by atoms with Gasteiger partial charge in [0.2, 0.25) is 0 Å². The smallest absolute Gasteiger partial charge is 0.103 e. The summed E-state index contributed by atoms with van der Waals surface area (Å²) in [4.78, 5) is 6.96. The summed E-state index contributed by atoms with van der Waals surface area (Å²) in [6.07, 6.45) is 8.17. The van der Waals surface area contributed by atoms with Crippen molar-refractivity contribution in [3.63, 3.8) is 0 Å². The van der Waals surface area contributed by atoms with Gasteiger partial charge in [0.15, 0.2) is 0 Å². The average Bonchev–Trinajstić information content (AvgIpc) is 3.08. The Morgan fingerprint density at radius 1 is 1.28 bits per heavy atom. The van der Waals surface area contributed by atoms with Gasteiger partial charge in [0.05, 0.1) is 18.3 Å². The summed E-state index contributed by atoms with van der Waals surface area (Å²) < 4.78 is 7.82. The fourth-order valence-corrected chi connectivity index (χ4v) is 3.57. The van der Waals surface area contributed by atoms with Crippen LogP contribution in [0.1, 0.15) is 30.6 Å². The number of morpholine rings is 1. The van der Waals surface area contributed by atoms with Gasteiger partial charge in [-0.15, -0.1) is 0 Å². The normalized spacial score (nSPS) is 18.0. The molecule has 4 rings (SSSR count). The van der Waals surface area contributed by atoms with Crippen LogP contribution in [0.5, 0.6) is 0 Å². The van der Waals surface area contributed by atoms with Gasteiger partial charge in [-0.2, -0.15) is 5.10 Å². The number of pyridine rings is 1. The Labute approximate surface area is 148 Å². The molecular formula is C20H24N4O. The second kappa shape index (κ2) is 6.84. The Kier molecular flexibility index (Phi) is 4.40. The number of ether oxygens (including phenoxy) is 1. The van der Waals surface area contributed by atoms with Crippen molar-refractivity contribution in [1.29, 1.82) is 0 Å². The molecule has 3 heterocycles. The van der Waals surface area contributed by atoms with Crippen molar-refractivity contribution in [2.75, 3.05) is 24.6 Å². The number of hydrogen-bond donors (Lipinski definition) is 0. The fraction of sp³-hybridized carbons (Fsp3) is 0.400. The molecule has 1 unspecified atom stereocenters. The first kappa shape index (κ1) is 16.1. The number of rotatable bonds is 4. The highest BCUT2D eigenvalue weighted by atomic mass is 16.5. The second-order valence-electron chi connectivity index (χ2n) is 6.68. The van der Waals surface area contributed by atoms with Crippen LogP contribution < -0.4 is 4.90 Å². The van der Waals surface area contributed by atoms with Crippen molar-refractivity contribution in [3.8, 4) is 0 Å². The molecule has 0 amide bonds. The molecule has 1 aliphatic rings. The van der Waals surface area contributed by atoms with Crippen LogP contribution in [0, 0.1) is 0 Å². The van der Waals surface area contributed by atoms with E-state index < -0.39 is 0 Å². The molecule has 1 aromatic carbocycles. The quantitative estimate of drug-likeness (QED) is 0.731. The summed E-state index contributed by atoms with van der Waals surface area (Å²) in [6.45, 7) is 4.67. The second-order valence-corrected chi connectivity index (χ2v) is 6.68. The van der Waals surface area contributed by atoms with Gasteiger partial charge in [-0.25, -0.2) is 0 Å². The van der Waals surface area contributed by atoms with Gasteiger partial charge >= 0.3 is 0 Å². The lowest BCUT2D eigenvalue weighted by atomic mass is 10.0. The van der Waals surface area contributed by atoms with Crippen LogP contribution in [0.4, 0.5) is 5.69 Å². The van der Waals surface area contributed by atoms with Gasteiger partial charge < -0.3 is 9.64 Å². The summed E-state index contributed by atoms with van der Waals surface area (Å²) >= 11 is 0. The van der Waals surface area contributed by atoms with E-state index in [1.807, 2.05) is 30.3 Å². The van der Waals surface area contributed by atoms with Crippen molar-refractivity contribution < 1.29 is 4.74 Å². The van der Waals surface area contributed by atoms with E-state index in [0.29, 0.717) is 0 Å². The van der Waals surface area contributed by atoms with Gasteiger partial charge in [-0.05, 0) is 30.2 Å². The predicted octanol–water partition coefficient (Wildman–Crippen LogP) is 3.50. The average molecular weight is 336 g/mol. The highest BCUT2D eigenvalue weighted by molar-refractivity contribution is 5.92. The highest BCUT2D eigenvalue weighted by Gasteiger charge is 2.24. The molecule has 0 saturated carbocycles. The zero-order chi connectivity index (χ0) is 17.2. The molecule has 1 aliphatic heterocycles. The number of anilines is 1. The van der Waals surface area contributed by atoms with E-state index in [4.69, 9.17) is 4.74 Å². The number of hydrogen-bond acceptors (Lipinski definition) is 4. The minimum Gasteiger partial charge on any atom is -0.370 e. The lowest BCUT2D eigenvalue weighted by Crippen LogP contribution is -2.38. The molecule has 2 aromatic heterocycles. The summed E-state index contributed by atoms with van der Waals surface area (Å²) in [5.74, 6) is 0. The molecule has 5 nitrogen and oxygen atoms in total. The van der Waals surface area contributed by atoms with Crippen LogP contribution in [0.3, 0.4) is 0 Å². The number of benzene rings is 1. The zero-order valence-electron chi connectivity index (χ0n) is 14.9. The van der Waals surface area contributed by atoms with Gasteiger partial charge in [0.25, 0.3) is 0 Å². The molecule has 0 aliphatic carbocycles. The van der Waals surface area contributed by atoms with E-state index >= 15 is 0 Å². The Morgan fingerprint density at radius 2 is 2.20 bits per heavy atom. The minimum atomic E-state index is 0.0597. The molecule has 25 heavy (non-hydrogen) atoms. The minimum absolute atomic E-state index is 0.0597. The van der Waals surface area contributed by atoms with Crippen LogP contribution in [0.25, 0.3) is 10.9 Å². The standard InChI is InChI=1S/C20H24N4O/c1-3-4-15-5-6-18-17(11-15)19(7-8-21-18)24-9-10-25-20(14-24)16-12-22-23(2)13-16/h5-8,11-13,20H,3-4,9-10,14H2,1-2H3. The molecule has 0 bridgehead atoms. The Balaban J connectivity index is 1.67. The van der Waals surface area contributed by atoms with E-state index in [1.54, 1.807) is 0 Å². The molecule has 3 aromatic rings. The maximum absolute atomic E-state index is 5.99. The van der Waals surface area contributed by atoms with Crippen molar-refractivity contribution in [1.82, 2.24) is 14.8 Å². The molecule has 0 N–H and O–H groups in total. The Hall–Kier alpha value is -2.40. The SMILES string of the molecule is CCCc1ccc2nccc(N3CCOC(c4cnn(C)c4)C3)c2c1. The summed E-state index contributed by atoms with van der Waals surface area (Å²) in [5, 5.41) is 5.52. The third-order valence-corrected chi connectivity index (χ3v) is 4.83. The third kappa shape index (κ3) is 3.24. The van der Waals surface area contributed by atoms with E-state index in [1.165, 1.54) is 16.6 Å². The fourth-order valence-electron chi connectivity index (χ4n) is 3.57. The van der Waals surface area contributed by atoms with Gasteiger partial charge in [0, 0.05) is 49.2 Å². The molecule has 1 saturated heterocycles.